The smallest absolute Gasteiger partial charge is 0.240 e. The van der Waals surface area contributed by atoms with E-state index in [2.05, 4.69) is 10.3 Å². The molecule has 0 aliphatic carbocycles. The van der Waals surface area contributed by atoms with Crippen LogP contribution in [0, 0.1) is 0 Å². The van der Waals surface area contributed by atoms with Crippen LogP contribution in [0.2, 0.25) is 0 Å². The first-order valence-electron chi connectivity index (χ1n) is 8.33. The maximum Gasteiger partial charge on any atom is 0.240 e. The van der Waals surface area contributed by atoms with E-state index in [0.29, 0.717) is 17.6 Å². The Morgan fingerprint density at radius 3 is 2.46 bits per heavy atom. The van der Waals surface area contributed by atoms with E-state index in [9.17, 15) is 13.2 Å². The highest BCUT2D eigenvalue weighted by molar-refractivity contribution is 7.90. The molecule has 0 aliphatic heterocycles. The maximum atomic E-state index is 12.4. The van der Waals surface area contributed by atoms with Crippen LogP contribution in [0.25, 0.3) is 11.0 Å². The third-order valence-electron chi connectivity index (χ3n) is 4.23. The molecule has 3 rings (SSSR count). The van der Waals surface area contributed by atoms with Gasteiger partial charge in [-0.1, -0.05) is 49.4 Å². The van der Waals surface area contributed by atoms with E-state index in [0.717, 1.165) is 11.8 Å². The molecule has 0 radical (unpaired) electrons. The minimum absolute atomic E-state index is 0.0926. The summed E-state index contributed by atoms with van der Waals surface area (Å²) in [5.41, 5.74) is 2.32. The van der Waals surface area contributed by atoms with Crippen LogP contribution in [0.1, 0.15) is 18.4 Å². The van der Waals surface area contributed by atoms with Gasteiger partial charge in [0.1, 0.15) is 6.54 Å². The molecule has 6 nitrogen and oxygen atoms in total. The summed E-state index contributed by atoms with van der Waals surface area (Å²) in [6, 6.07) is 17.0. The molecule has 1 heterocycles. The van der Waals surface area contributed by atoms with Gasteiger partial charge in [0.25, 0.3) is 0 Å². The number of sulfone groups is 1. The van der Waals surface area contributed by atoms with Gasteiger partial charge >= 0.3 is 0 Å². The largest absolute Gasteiger partial charge is 0.354 e. The Morgan fingerprint density at radius 2 is 1.77 bits per heavy atom. The predicted molar refractivity (Wildman–Crippen MR) is 101 cm³/mol. The number of hydrogen-bond acceptors (Lipinski definition) is 4. The van der Waals surface area contributed by atoms with Crippen molar-refractivity contribution in [1.82, 2.24) is 14.9 Å². The fraction of sp³-hybridized carbons (Fsp3) is 0.263. The highest BCUT2D eigenvalue weighted by Crippen LogP contribution is 2.19. The number of rotatable bonds is 6. The van der Waals surface area contributed by atoms with Crippen molar-refractivity contribution in [2.75, 3.05) is 12.8 Å². The van der Waals surface area contributed by atoms with E-state index in [1.165, 1.54) is 4.57 Å². The van der Waals surface area contributed by atoms with Gasteiger partial charge in [-0.05, 0) is 23.6 Å². The quantitative estimate of drug-likeness (QED) is 0.721. The first kappa shape index (κ1) is 18.1. The van der Waals surface area contributed by atoms with E-state index in [1.807, 2.05) is 37.3 Å². The van der Waals surface area contributed by atoms with Gasteiger partial charge in [0.05, 0.1) is 11.0 Å². The molecule has 0 spiro atoms. The molecule has 1 unspecified atom stereocenters. The number of nitrogens with zero attached hydrogens (tertiary/aromatic N) is 2. The van der Waals surface area contributed by atoms with Crippen molar-refractivity contribution in [3.63, 3.8) is 0 Å². The average molecular weight is 371 g/mol. The number of benzene rings is 2. The van der Waals surface area contributed by atoms with Crippen molar-refractivity contribution in [2.45, 2.75) is 24.5 Å². The number of para-hydroxylation sites is 2. The number of hydrogen-bond donors (Lipinski definition) is 1. The summed E-state index contributed by atoms with van der Waals surface area (Å²) < 4.78 is 25.5. The molecule has 0 saturated carbocycles. The van der Waals surface area contributed by atoms with Crippen LogP contribution in [0.3, 0.4) is 0 Å². The molecule has 136 valence electrons. The van der Waals surface area contributed by atoms with Crippen LogP contribution in [-0.2, 0) is 21.2 Å². The molecule has 0 aliphatic rings. The Hall–Kier alpha value is -2.67. The van der Waals surface area contributed by atoms with E-state index in [1.54, 1.807) is 24.3 Å². The lowest BCUT2D eigenvalue weighted by molar-refractivity contribution is -0.121. The van der Waals surface area contributed by atoms with Crippen LogP contribution in [-0.4, -0.2) is 36.7 Å². The van der Waals surface area contributed by atoms with E-state index in [-0.39, 0.29) is 23.5 Å². The number of carbonyl (C=O) groups is 1. The van der Waals surface area contributed by atoms with E-state index in [4.69, 9.17) is 0 Å². The second-order valence-corrected chi connectivity index (χ2v) is 8.27. The lowest BCUT2D eigenvalue weighted by Crippen LogP contribution is -2.31. The molecule has 0 fully saturated rings. The van der Waals surface area contributed by atoms with Crippen LogP contribution >= 0.6 is 0 Å². The van der Waals surface area contributed by atoms with Gasteiger partial charge in [-0.3, -0.25) is 4.79 Å². The highest BCUT2D eigenvalue weighted by atomic mass is 32.2. The lowest BCUT2D eigenvalue weighted by atomic mass is 10.0. The number of nitrogens with one attached hydrogen (secondary N) is 1. The van der Waals surface area contributed by atoms with Gasteiger partial charge in [0.2, 0.25) is 20.9 Å². The Kier molecular flexibility index (Phi) is 5.08. The van der Waals surface area contributed by atoms with E-state index < -0.39 is 9.84 Å². The second-order valence-electron chi connectivity index (χ2n) is 6.36. The van der Waals surface area contributed by atoms with Crippen molar-refractivity contribution < 1.29 is 13.2 Å². The molecule has 0 bridgehead atoms. The topological polar surface area (TPSA) is 81.1 Å². The molecule has 1 amide bonds. The minimum atomic E-state index is -3.54. The summed E-state index contributed by atoms with van der Waals surface area (Å²) in [6.07, 6.45) is 1.10. The van der Waals surface area contributed by atoms with Crippen LogP contribution < -0.4 is 5.32 Å². The molecule has 2 aromatic carbocycles. The predicted octanol–water partition coefficient (Wildman–Crippen LogP) is 2.36. The van der Waals surface area contributed by atoms with Gasteiger partial charge < -0.3 is 9.88 Å². The Labute approximate surface area is 152 Å². The average Bonchev–Trinajstić information content (AvgIpc) is 2.99. The Balaban J connectivity index is 1.77. The SMILES string of the molecule is CC(CNC(=O)Cn1c(S(C)(=O)=O)nc2ccccc21)c1ccccc1. The first-order valence-corrected chi connectivity index (χ1v) is 10.2. The van der Waals surface area contributed by atoms with Crippen molar-refractivity contribution in [3.8, 4) is 0 Å². The molecule has 1 aromatic heterocycles. The third kappa shape index (κ3) is 3.94. The fourth-order valence-electron chi connectivity index (χ4n) is 2.86. The highest BCUT2D eigenvalue weighted by Gasteiger charge is 2.21. The van der Waals surface area contributed by atoms with Crippen LogP contribution in [0.4, 0.5) is 0 Å². The van der Waals surface area contributed by atoms with Gasteiger partial charge in [0.15, 0.2) is 0 Å². The van der Waals surface area contributed by atoms with Crippen LogP contribution in [0.15, 0.2) is 59.8 Å². The Morgan fingerprint density at radius 1 is 1.12 bits per heavy atom. The van der Waals surface area contributed by atoms with E-state index >= 15 is 0 Å². The van der Waals surface area contributed by atoms with Crippen molar-refractivity contribution in [3.05, 3.63) is 60.2 Å². The monoisotopic (exact) mass is 371 g/mol. The number of carbonyl (C=O) groups excluding carboxylic acids is 1. The summed E-state index contributed by atoms with van der Waals surface area (Å²) in [6.45, 7) is 2.41. The second kappa shape index (κ2) is 7.29. The molecule has 7 heteroatoms. The summed E-state index contributed by atoms with van der Waals surface area (Å²) in [4.78, 5) is 16.6. The standard InChI is InChI=1S/C19H21N3O3S/c1-14(15-8-4-3-5-9-15)12-20-18(23)13-22-17-11-7-6-10-16(17)21-19(22)26(2,24)25/h3-11,14H,12-13H2,1-2H3,(H,20,23). The molecular weight excluding hydrogens is 350 g/mol. The Bertz CT molecular complexity index is 1030. The lowest BCUT2D eigenvalue weighted by Gasteiger charge is -2.14. The van der Waals surface area contributed by atoms with Gasteiger partial charge in [-0.2, -0.15) is 0 Å². The molecule has 1 N–H and O–H groups in total. The van der Waals surface area contributed by atoms with Crippen LogP contribution in [0.5, 0.6) is 0 Å². The van der Waals surface area contributed by atoms with Crippen molar-refractivity contribution in [1.29, 1.82) is 0 Å². The van der Waals surface area contributed by atoms with Gasteiger partial charge in [0, 0.05) is 12.8 Å². The maximum absolute atomic E-state index is 12.4. The summed E-state index contributed by atoms with van der Waals surface area (Å²) in [7, 11) is -3.54. The zero-order valence-electron chi connectivity index (χ0n) is 14.7. The minimum Gasteiger partial charge on any atom is -0.354 e. The molecule has 3 aromatic rings. The number of imidazole rings is 1. The summed E-state index contributed by atoms with van der Waals surface area (Å²) in [5, 5.41) is 2.79. The third-order valence-corrected chi connectivity index (χ3v) is 5.20. The zero-order valence-corrected chi connectivity index (χ0v) is 15.5. The normalized spacial score (nSPS) is 12.8. The number of amides is 1. The van der Waals surface area contributed by atoms with Crippen molar-refractivity contribution >= 4 is 26.8 Å². The van der Waals surface area contributed by atoms with Crippen molar-refractivity contribution in [2.24, 2.45) is 0 Å². The van der Waals surface area contributed by atoms with Gasteiger partial charge in [-0.25, -0.2) is 13.4 Å². The fourth-order valence-corrected chi connectivity index (χ4v) is 3.68. The molecular formula is C19H21N3O3S. The molecule has 1 atom stereocenters. The first-order chi connectivity index (χ1) is 12.4. The zero-order chi connectivity index (χ0) is 18.7. The number of aromatic nitrogens is 2. The van der Waals surface area contributed by atoms with Gasteiger partial charge in [-0.15, -0.1) is 0 Å². The summed E-state index contributed by atoms with van der Waals surface area (Å²) in [5.74, 6) is -0.0881. The summed E-state index contributed by atoms with van der Waals surface area (Å²) >= 11 is 0. The molecule has 0 saturated heterocycles. The number of fused-ring (bicyclic) bond motifs is 1. The molecule has 26 heavy (non-hydrogen) atoms.